The average Bonchev–Trinajstić information content (AvgIpc) is 2.95. The van der Waals surface area contributed by atoms with Crippen LogP contribution < -0.4 is 4.74 Å². The molecule has 0 unspecified atom stereocenters. The van der Waals surface area contributed by atoms with Crippen LogP contribution in [0.1, 0.15) is 12.8 Å². The van der Waals surface area contributed by atoms with Crippen LogP contribution in [0.5, 0.6) is 5.75 Å². The van der Waals surface area contributed by atoms with Gasteiger partial charge in [0.15, 0.2) is 0 Å². The molecule has 3 rings (SSSR count). The molecule has 2 fully saturated rings. The van der Waals surface area contributed by atoms with Crippen molar-refractivity contribution in [2.45, 2.75) is 23.5 Å². The largest absolute Gasteiger partial charge is 0.497 e. The zero-order chi connectivity index (χ0) is 15.8. The van der Waals surface area contributed by atoms with E-state index in [4.69, 9.17) is 9.47 Å². The van der Waals surface area contributed by atoms with E-state index in [0.717, 1.165) is 13.1 Å². The Morgan fingerprint density at radius 3 is 2.50 bits per heavy atom. The molecule has 2 aliphatic heterocycles. The van der Waals surface area contributed by atoms with E-state index < -0.39 is 15.7 Å². The fourth-order valence-corrected chi connectivity index (χ4v) is 4.83. The van der Waals surface area contributed by atoms with E-state index in [-0.39, 0.29) is 4.90 Å². The molecule has 0 bridgehead atoms. The molecule has 2 aliphatic rings. The molecular weight excluding hydrogens is 304 g/mol. The van der Waals surface area contributed by atoms with Gasteiger partial charge in [0.2, 0.25) is 10.0 Å². The van der Waals surface area contributed by atoms with Crippen molar-refractivity contribution in [3.05, 3.63) is 24.3 Å². The van der Waals surface area contributed by atoms with E-state index in [1.807, 2.05) is 4.58 Å². The number of benzene rings is 1. The second-order valence-electron chi connectivity index (χ2n) is 5.67. The van der Waals surface area contributed by atoms with Gasteiger partial charge in [-0.1, -0.05) is 0 Å². The maximum atomic E-state index is 13.0. The second kappa shape index (κ2) is 5.64. The molecule has 0 aliphatic carbocycles. The summed E-state index contributed by atoms with van der Waals surface area (Å²) < 4.78 is 40.3. The highest BCUT2D eigenvalue weighted by atomic mass is 32.2. The van der Waals surface area contributed by atoms with Crippen molar-refractivity contribution >= 4 is 16.7 Å². The highest BCUT2D eigenvalue weighted by Crippen LogP contribution is 2.37. The molecule has 0 radical (unpaired) electrons. The quantitative estimate of drug-likeness (QED) is 0.776. The van der Waals surface area contributed by atoms with Crippen molar-refractivity contribution in [2.75, 3.05) is 33.4 Å². The Morgan fingerprint density at radius 2 is 1.91 bits per heavy atom. The Bertz CT molecular complexity index is 659. The first-order valence-electron chi connectivity index (χ1n) is 7.34. The molecule has 1 spiro atoms. The molecule has 22 heavy (non-hydrogen) atoms. The molecule has 0 amide bonds. The van der Waals surface area contributed by atoms with E-state index in [1.54, 1.807) is 31.4 Å². The van der Waals surface area contributed by atoms with Gasteiger partial charge in [-0.25, -0.2) is 13.0 Å². The van der Waals surface area contributed by atoms with Crippen LogP contribution in [0.2, 0.25) is 0 Å². The van der Waals surface area contributed by atoms with E-state index in [0.29, 0.717) is 31.7 Å². The van der Waals surface area contributed by atoms with Crippen LogP contribution in [0.4, 0.5) is 0 Å². The van der Waals surface area contributed by atoms with Crippen LogP contribution in [0.15, 0.2) is 29.2 Å². The van der Waals surface area contributed by atoms with Crippen molar-refractivity contribution in [1.29, 1.82) is 0 Å². The van der Waals surface area contributed by atoms with Crippen molar-refractivity contribution in [3.63, 3.8) is 0 Å². The first-order valence-corrected chi connectivity index (χ1v) is 8.78. The van der Waals surface area contributed by atoms with Crippen molar-refractivity contribution in [2.24, 2.45) is 0 Å². The first-order chi connectivity index (χ1) is 10.5. The standard InChI is InChI=1S/C15H21N2O4S/c1-16-9-7-15(8-10-16)17(11-12-21-15)22(18,19)14-5-3-13(20-2)4-6-14/h3-6H,1,7-12H2,2H3/q+1. The Labute approximate surface area is 131 Å². The summed E-state index contributed by atoms with van der Waals surface area (Å²) in [6.45, 7) is 6.21. The molecule has 2 saturated heterocycles. The maximum absolute atomic E-state index is 13.0. The number of ether oxygens (including phenoxy) is 2. The van der Waals surface area contributed by atoms with Crippen LogP contribution in [-0.2, 0) is 14.8 Å². The van der Waals surface area contributed by atoms with Crippen LogP contribution in [-0.4, -0.2) is 63.1 Å². The zero-order valence-electron chi connectivity index (χ0n) is 12.7. The van der Waals surface area contributed by atoms with Crippen LogP contribution >= 0.6 is 0 Å². The molecule has 6 nitrogen and oxygen atoms in total. The number of piperidine rings is 1. The highest BCUT2D eigenvalue weighted by Gasteiger charge is 2.51. The van der Waals surface area contributed by atoms with Gasteiger partial charge in [0, 0.05) is 6.54 Å². The third-order valence-electron chi connectivity index (χ3n) is 4.40. The van der Waals surface area contributed by atoms with E-state index in [1.165, 1.54) is 4.31 Å². The Balaban J connectivity index is 1.91. The maximum Gasteiger partial charge on any atom is 0.245 e. The zero-order valence-corrected chi connectivity index (χ0v) is 13.5. The lowest BCUT2D eigenvalue weighted by atomic mass is 10.0. The predicted octanol–water partition coefficient (Wildman–Crippen LogP) is 0.919. The number of methoxy groups -OCH3 is 1. The fraction of sp³-hybridized carbons (Fsp3) is 0.533. The lowest BCUT2D eigenvalue weighted by Gasteiger charge is -2.37. The lowest BCUT2D eigenvalue weighted by molar-refractivity contribution is -0.541. The molecule has 0 aromatic heterocycles. The van der Waals surface area contributed by atoms with Gasteiger partial charge in [0.05, 0.1) is 31.5 Å². The summed E-state index contributed by atoms with van der Waals surface area (Å²) in [5.41, 5.74) is -0.715. The Kier molecular flexibility index (Phi) is 3.96. The minimum Gasteiger partial charge on any atom is -0.497 e. The summed E-state index contributed by atoms with van der Waals surface area (Å²) in [5.74, 6) is 0.636. The van der Waals surface area contributed by atoms with Crippen LogP contribution in [0.3, 0.4) is 0 Å². The van der Waals surface area contributed by atoms with Crippen LogP contribution in [0, 0.1) is 0 Å². The minimum absolute atomic E-state index is 0.273. The topological polar surface area (TPSA) is 58.8 Å². The third kappa shape index (κ3) is 2.53. The van der Waals surface area contributed by atoms with Gasteiger partial charge in [-0.05, 0) is 24.3 Å². The van der Waals surface area contributed by atoms with Gasteiger partial charge in [-0.15, -0.1) is 0 Å². The minimum atomic E-state index is -3.58. The molecule has 2 heterocycles. The molecule has 0 N–H and O–H groups in total. The summed E-state index contributed by atoms with van der Waals surface area (Å²) >= 11 is 0. The van der Waals surface area contributed by atoms with Gasteiger partial charge in [0.1, 0.15) is 31.3 Å². The van der Waals surface area contributed by atoms with E-state index in [2.05, 4.69) is 6.72 Å². The lowest BCUT2D eigenvalue weighted by Crippen LogP contribution is -2.53. The molecule has 1 aromatic rings. The Morgan fingerprint density at radius 1 is 1.27 bits per heavy atom. The number of hydrogen-bond donors (Lipinski definition) is 0. The van der Waals surface area contributed by atoms with Gasteiger partial charge in [0.25, 0.3) is 0 Å². The summed E-state index contributed by atoms with van der Waals surface area (Å²) in [6.07, 6.45) is 1.29. The first kappa shape index (κ1) is 15.5. The highest BCUT2D eigenvalue weighted by molar-refractivity contribution is 7.89. The molecule has 120 valence electrons. The summed E-state index contributed by atoms with van der Waals surface area (Å²) in [5, 5.41) is 0. The molecule has 0 saturated carbocycles. The average molecular weight is 325 g/mol. The molecule has 0 atom stereocenters. The Hall–Kier alpha value is -1.44. The van der Waals surface area contributed by atoms with Gasteiger partial charge < -0.3 is 9.47 Å². The smallest absolute Gasteiger partial charge is 0.245 e. The number of rotatable bonds is 3. The van der Waals surface area contributed by atoms with Gasteiger partial charge >= 0.3 is 0 Å². The van der Waals surface area contributed by atoms with E-state index >= 15 is 0 Å². The summed E-state index contributed by atoms with van der Waals surface area (Å²) in [6, 6.07) is 6.48. The normalized spacial score (nSPS) is 22.1. The molecule has 7 heteroatoms. The third-order valence-corrected chi connectivity index (χ3v) is 6.37. The summed E-state index contributed by atoms with van der Waals surface area (Å²) in [4.78, 5) is 0.273. The monoisotopic (exact) mass is 325 g/mol. The van der Waals surface area contributed by atoms with Crippen molar-refractivity contribution in [3.8, 4) is 5.75 Å². The summed E-state index contributed by atoms with van der Waals surface area (Å²) in [7, 11) is -2.02. The number of hydrogen-bond acceptors (Lipinski definition) is 4. The molecular formula is C15H21N2O4S+. The van der Waals surface area contributed by atoms with E-state index in [9.17, 15) is 8.42 Å². The van der Waals surface area contributed by atoms with Gasteiger partial charge in [-0.3, -0.25) is 0 Å². The van der Waals surface area contributed by atoms with Crippen molar-refractivity contribution < 1.29 is 22.5 Å². The predicted molar refractivity (Wildman–Crippen MR) is 81.9 cm³/mol. The number of nitrogens with zero attached hydrogens (tertiary/aromatic N) is 2. The number of sulfonamides is 1. The van der Waals surface area contributed by atoms with Gasteiger partial charge in [-0.2, -0.15) is 4.31 Å². The fourth-order valence-electron chi connectivity index (χ4n) is 3.10. The molecule has 1 aromatic carbocycles. The SMILES string of the molecule is C=[N+]1CCC2(CC1)OCCN2S(=O)(=O)c1ccc(OC)cc1. The van der Waals surface area contributed by atoms with Crippen LogP contribution in [0.25, 0.3) is 0 Å². The second-order valence-corrected chi connectivity index (χ2v) is 7.53. The van der Waals surface area contributed by atoms with Crippen molar-refractivity contribution in [1.82, 2.24) is 4.31 Å².